The number of amides is 4. The summed E-state index contributed by atoms with van der Waals surface area (Å²) in [4.78, 5) is 49.5. The third-order valence-electron chi connectivity index (χ3n) is 4.24. The highest BCUT2D eigenvalue weighted by molar-refractivity contribution is 6.22. The van der Waals surface area contributed by atoms with Gasteiger partial charge in [0.1, 0.15) is 12.3 Å². The summed E-state index contributed by atoms with van der Waals surface area (Å²) >= 11 is 0. The molecule has 4 amide bonds. The molecule has 0 saturated heterocycles. The van der Waals surface area contributed by atoms with Crippen molar-refractivity contribution in [3.8, 4) is 5.75 Å². The van der Waals surface area contributed by atoms with Gasteiger partial charge in [0.15, 0.2) is 0 Å². The molecule has 0 bridgehead atoms. The van der Waals surface area contributed by atoms with Gasteiger partial charge in [0, 0.05) is 18.7 Å². The maximum Gasteiger partial charge on any atom is 0.262 e. The predicted octanol–water partition coefficient (Wildman–Crippen LogP) is 0.837. The van der Waals surface area contributed by atoms with Gasteiger partial charge in [0.25, 0.3) is 17.7 Å². The smallest absolute Gasteiger partial charge is 0.262 e. The number of hydrogen-bond acceptors (Lipinski definition) is 5. The van der Waals surface area contributed by atoms with E-state index in [1.54, 1.807) is 48.5 Å². The van der Waals surface area contributed by atoms with Crippen molar-refractivity contribution >= 4 is 23.6 Å². The molecule has 0 spiro atoms. The first-order valence-electron chi connectivity index (χ1n) is 8.65. The third kappa shape index (κ3) is 4.01. The fourth-order valence-electron chi connectivity index (χ4n) is 2.83. The van der Waals surface area contributed by atoms with Crippen molar-refractivity contribution in [3.05, 3.63) is 65.2 Å². The van der Waals surface area contributed by atoms with Gasteiger partial charge in [-0.05, 0) is 30.3 Å². The molecule has 8 heteroatoms. The molecule has 2 aromatic rings. The van der Waals surface area contributed by atoms with Crippen LogP contribution >= 0.6 is 0 Å². The number of carbonyl (C=O) groups is 4. The third-order valence-corrected chi connectivity index (χ3v) is 4.24. The summed E-state index contributed by atoms with van der Waals surface area (Å²) in [7, 11) is 1.51. The first kappa shape index (κ1) is 19.1. The van der Waals surface area contributed by atoms with Gasteiger partial charge in [-0.25, -0.2) is 0 Å². The number of carbonyl (C=O) groups excluding carboxylic acids is 4. The molecule has 3 rings (SSSR count). The van der Waals surface area contributed by atoms with E-state index in [0.717, 1.165) is 4.90 Å². The Bertz CT molecular complexity index is 906. The van der Waals surface area contributed by atoms with Gasteiger partial charge < -0.3 is 15.4 Å². The largest absolute Gasteiger partial charge is 0.497 e. The van der Waals surface area contributed by atoms with E-state index >= 15 is 0 Å². The lowest BCUT2D eigenvalue weighted by Crippen LogP contribution is -2.42. The van der Waals surface area contributed by atoms with Crippen LogP contribution in [0.1, 0.15) is 31.1 Å². The van der Waals surface area contributed by atoms with Gasteiger partial charge in [-0.2, -0.15) is 0 Å². The minimum absolute atomic E-state index is 0.164. The van der Waals surface area contributed by atoms with Gasteiger partial charge in [-0.3, -0.25) is 24.1 Å². The molecule has 1 aliphatic rings. The van der Waals surface area contributed by atoms with Crippen LogP contribution in [0.5, 0.6) is 5.75 Å². The van der Waals surface area contributed by atoms with Crippen molar-refractivity contribution in [3.63, 3.8) is 0 Å². The fourth-order valence-corrected chi connectivity index (χ4v) is 2.83. The number of nitrogens with zero attached hydrogens (tertiary/aromatic N) is 1. The fraction of sp³-hybridized carbons (Fsp3) is 0.200. The van der Waals surface area contributed by atoms with Crippen molar-refractivity contribution in [1.82, 2.24) is 15.5 Å². The van der Waals surface area contributed by atoms with Crippen molar-refractivity contribution in [2.24, 2.45) is 0 Å². The number of nitrogens with one attached hydrogen (secondary N) is 2. The maximum atomic E-state index is 12.2. The number of methoxy groups -OCH3 is 1. The Kier molecular flexibility index (Phi) is 5.69. The van der Waals surface area contributed by atoms with Crippen molar-refractivity contribution in [1.29, 1.82) is 0 Å². The van der Waals surface area contributed by atoms with Gasteiger partial charge in [0.05, 0.1) is 18.2 Å². The summed E-state index contributed by atoms with van der Waals surface area (Å²) in [5.74, 6) is -1.18. The predicted molar refractivity (Wildman–Crippen MR) is 100 cm³/mol. The zero-order valence-electron chi connectivity index (χ0n) is 15.2. The van der Waals surface area contributed by atoms with Gasteiger partial charge in [-0.15, -0.1) is 0 Å². The maximum absolute atomic E-state index is 12.2. The van der Waals surface area contributed by atoms with Gasteiger partial charge >= 0.3 is 0 Å². The Balaban J connectivity index is 1.45. The van der Waals surface area contributed by atoms with Crippen molar-refractivity contribution < 1.29 is 23.9 Å². The highest BCUT2D eigenvalue weighted by Gasteiger charge is 2.36. The second kappa shape index (κ2) is 8.34. The minimum Gasteiger partial charge on any atom is -0.497 e. The summed E-state index contributed by atoms with van der Waals surface area (Å²) in [6.45, 7) is -0.00219. The Labute approximate surface area is 161 Å². The van der Waals surface area contributed by atoms with Crippen LogP contribution in [0.4, 0.5) is 0 Å². The van der Waals surface area contributed by atoms with Crippen LogP contribution < -0.4 is 15.4 Å². The highest BCUT2D eigenvalue weighted by Crippen LogP contribution is 2.21. The lowest BCUT2D eigenvalue weighted by atomic mass is 10.1. The first-order valence-corrected chi connectivity index (χ1v) is 8.65. The molecule has 0 radical (unpaired) electrons. The molecule has 0 atom stereocenters. The lowest BCUT2D eigenvalue weighted by molar-refractivity contribution is -0.121. The number of hydrogen-bond donors (Lipinski definition) is 2. The average Bonchev–Trinajstić information content (AvgIpc) is 2.96. The summed E-state index contributed by atoms with van der Waals surface area (Å²) in [6.07, 6.45) is 0. The minimum atomic E-state index is -0.484. The molecule has 1 aliphatic heterocycles. The van der Waals surface area contributed by atoms with E-state index in [1.165, 1.54) is 7.11 Å². The number of ether oxygens (including phenoxy) is 1. The standard InChI is InChI=1S/C20H19N3O5/c1-28-14-6-4-5-13(11-14)18(25)22-10-9-21-17(24)12-23-19(26)15-7-2-3-8-16(15)20(23)27/h2-8,11H,9-10,12H2,1H3,(H,21,24)(H,22,25). The van der Waals surface area contributed by atoms with Crippen LogP contribution in [0, 0.1) is 0 Å². The Morgan fingerprint density at radius 1 is 0.929 bits per heavy atom. The molecule has 0 saturated carbocycles. The zero-order valence-corrected chi connectivity index (χ0v) is 15.2. The lowest BCUT2D eigenvalue weighted by Gasteiger charge is -2.13. The molecule has 0 unspecified atom stereocenters. The molecule has 2 N–H and O–H groups in total. The summed E-state index contributed by atoms with van der Waals surface area (Å²) in [6, 6.07) is 13.1. The van der Waals surface area contributed by atoms with E-state index in [4.69, 9.17) is 4.74 Å². The van der Waals surface area contributed by atoms with Gasteiger partial charge in [-0.1, -0.05) is 18.2 Å². The van der Waals surface area contributed by atoms with Crippen LogP contribution in [0.15, 0.2) is 48.5 Å². The second-order valence-corrected chi connectivity index (χ2v) is 6.08. The second-order valence-electron chi connectivity index (χ2n) is 6.08. The normalized spacial score (nSPS) is 12.5. The molecule has 8 nitrogen and oxygen atoms in total. The molecule has 0 fully saturated rings. The Hall–Kier alpha value is -3.68. The molecule has 0 aliphatic carbocycles. The summed E-state index contributed by atoms with van der Waals surface area (Å²) in [5.41, 5.74) is 1.04. The molecule has 28 heavy (non-hydrogen) atoms. The zero-order chi connectivity index (χ0) is 20.1. The van der Waals surface area contributed by atoms with E-state index in [1.807, 2.05) is 0 Å². The Morgan fingerprint density at radius 3 is 2.21 bits per heavy atom. The van der Waals surface area contributed by atoms with E-state index in [-0.39, 0.29) is 25.5 Å². The topological polar surface area (TPSA) is 105 Å². The van der Waals surface area contributed by atoms with Crippen molar-refractivity contribution in [2.75, 3.05) is 26.7 Å². The monoisotopic (exact) mass is 381 g/mol. The molecule has 144 valence electrons. The number of imide groups is 1. The molecular formula is C20H19N3O5. The van der Waals surface area contributed by atoms with Crippen LogP contribution in [0.3, 0.4) is 0 Å². The van der Waals surface area contributed by atoms with Gasteiger partial charge in [0.2, 0.25) is 5.91 Å². The van der Waals surface area contributed by atoms with Crippen LogP contribution in [-0.2, 0) is 4.79 Å². The average molecular weight is 381 g/mol. The summed E-state index contributed by atoms with van der Waals surface area (Å²) in [5, 5.41) is 5.26. The van der Waals surface area contributed by atoms with Crippen LogP contribution in [-0.4, -0.2) is 55.3 Å². The highest BCUT2D eigenvalue weighted by atomic mass is 16.5. The van der Waals surface area contributed by atoms with Crippen LogP contribution in [0.25, 0.3) is 0 Å². The Morgan fingerprint density at radius 2 is 1.57 bits per heavy atom. The molecule has 1 heterocycles. The number of benzene rings is 2. The number of rotatable bonds is 7. The van der Waals surface area contributed by atoms with E-state index in [2.05, 4.69) is 10.6 Å². The molecule has 2 aromatic carbocycles. The first-order chi connectivity index (χ1) is 13.5. The van der Waals surface area contributed by atoms with Crippen LogP contribution in [0.2, 0.25) is 0 Å². The molecular weight excluding hydrogens is 362 g/mol. The molecule has 0 aromatic heterocycles. The quantitative estimate of drug-likeness (QED) is 0.546. The van der Waals surface area contributed by atoms with E-state index < -0.39 is 17.7 Å². The SMILES string of the molecule is COc1cccc(C(=O)NCCNC(=O)CN2C(=O)c3ccccc3C2=O)c1. The summed E-state index contributed by atoms with van der Waals surface area (Å²) < 4.78 is 5.07. The number of fused-ring (bicyclic) bond motifs is 1. The van der Waals surface area contributed by atoms with E-state index in [9.17, 15) is 19.2 Å². The van der Waals surface area contributed by atoms with E-state index in [0.29, 0.717) is 22.4 Å². The van der Waals surface area contributed by atoms with Crippen molar-refractivity contribution in [2.45, 2.75) is 0 Å².